The van der Waals surface area contributed by atoms with Gasteiger partial charge in [0.2, 0.25) is 0 Å². The van der Waals surface area contributed by atoms with Gasteiger partial charge in [-0.2, -0.15) is 5.26 Å². The number of fused-ring (bicyclic) bond motifs is 1. The second kappa shape index (κ2) is 3.87. The first-order valence-electron chi connectivity index (χ1n) is 5.09. The van der Waals surface area contributed by atoms with Gasteiger partial charge in [0.05, 0.1) is 6.07 Å². The third-order valence-electron chi connectivity index (χ3n) is 2.89. The van der Waals surface area contributed by atoms with Crippen LogP contribution < -0.4 is 11.3 Å². The molecule has 0 radical (unpaired) electrons. The van der Waals surface area contributed by atoms with E-state index in [-0.39, 0.29) is 18.1 Å². The number of rotatable bonds is 1. The maximum absolute atomic E-state index is 11.6. The van der Waals surface area contributed by atoms with Crippen LogP contribution in [0.2, 0.25) is 0 Å². The van der Waals surface area contributed by atoms with Gasteiger partial charge >= 0.3 is 0 Å². The molecular formula is C11H13N3O. The van der Waals surface area contributed by atoms with Crippen LogP contribution in [0.25, 0.3) is 0 Å². The molecule has 1 aliphatic carbocycles. The molecule has 0 fully saturated rings. The zero-order valence-corrected chi connectivity index (χ0v) is 8.44. The molecule has 2 rings (SSSR count). The fourth-order valence-corrected chi connectivity index (χ4v) is 2.14. The van der Waals surface area contributed by atoms with Crippen molar-refractivity contribution in [3.8, 4) is 6.07 Å². The lowest BCUT2D eigenvalue weighted by atomic mass is 9.91. The van der Waals surface area contributed by atoms with Crippen molar-refractivity contribution in [3.63, 3.8) is 0 Å². The van der Waals surface area contributed by atoms with Crippen LogP contribution in [0.3, 0.4) is 0 Å². The minimum atomic E-state index is -0.107. The van der Waals surface area contributed by atoms with Crippen molar-refractivity contribution >= 4 is 0 Å². The van der Waals surface area contributed by atoms with E-state index in [1.54, 1.807) is 6.07 Å². The van der Waals surface area contributed by atoms with Crippen LogP contribution in [-0.4, -0.2) is 4.57 Å². The highest BCUT2D eigenvalue weighted by atomic mass is 16.1. The van der Waals surface area contributed by atoms with Gasteiger partial charge in [-0.1, -0.05) is 6.07 Å². The highest BCUT2D eigenvalue weighted by molar-refractivity contribution is 5.27. The smallest absolute Gasteiger partial charge is 0.251 e. The summed E-state index contributed by atoms with van der Waals surface area (Å²) in [5.74, 6) is 0. The van der Waals surface area contributed by atoms with Gasteiger partial charge in [0.15, 0.2) is 0 Å². The number of nitriles is 1. The summed E-state index contributed by atoms with van der Waals surface area (Å²) in [6.07, 6.45) is 2.79. The lowest BCUT2D eigenvalue weighted by Gasteiger charge is -2.24. The number of aromatic nitrogens is 1. The Morgan fingerprint density at radius 2 is 2.40 bits per heavy atom. The van der Waals surface area contributed by atoms with Crippen LogP contribution in [0, 0.1) is 11.3 Å². The molecular weight excluding hydrogens is 190 g/mol. The summed E-state index contributed by atoms with van der Waals surface area (Å²) in [6.45, 7) is 0.120. The van der Waals surface area contributed by atoms with Crippen LogP contribution in [-0.2, 0) is 13.0 Å². The quantitative estimate of drug-likeness (QED) is 0.730. The van der Waals surface area contributed by atoms with E-state index in [0.29, 0.717) is 0 Å². The number of nitrogens with zero attached hydrogens (tertiary/aromatic N) is 2. The van der Waals surface area contributed by atoms with Crippen LogP contribution >= 0.6 is 0 Å². The van der Waals surface area contributed by atoms with E-state index in [1.165, 1.54) is 10.6 Å². The predicted octanol–water partition coefficient (Wildman–Crippen LogP) is 0.708. The van der Waals surface area contributed by atoms with Gasteiger partial charge in [-0.05, 0) is 24.8 Å². The number of nitrogens with two attached hydrogens (primary N) is 1. The summed E-state index contributed by atoms with van der Waals surface area (Å²) in [5.41, 5.74) is 7.83. The van der Waals surface area contributed by atoms with Gasteiger partial charge < -0.3 is 5.73 Å². The molecule has 1 atom stereocenters. The lowest BCUT2D eigenvalue weighted by Crippen LogP contribution is -2.29. The molecule has 0 amide bonds. The molecule has 15 heavy (non-hydrogen) atoms. The number of hydrogen-bond acceptors (Lipinski definition) is 3. The molecule has 0 saturated carbocycles. The standard InChI is InChI=1S/C11H13N3O/c12-6-7-14-10-3-1-2-9(13)8(10)4-5-11(14)15/h4-5,9H,1-3,7,13H2. The molecule has 0 spiro atoms. The Kier molecular flexibility index (Phi) is 2.57. The molecule has 0 aliphatic heterocycles. The third-order valence-corrected chi connectivity index (χ3v) is 2.89. The fourth-order valence-electron chi connectivity index (χ4n) is 2.14. The SMILES string of the molecule is N#CCn1c2c(ccc1=O)C(N)CCC2. The van der Waals surface area contributed by atoms with Crippen molar-refractivity contribution in [2.45, 2.75) is 31.8 Å². The summed E-state index contributed by atoms with van der Waals surface area (Å²) in [6, 6.07) is 5.33. The monoisotopic (exact) mass is 203 g/mol. The Labute approximate surface area is 87.9 Å². The van der Waals surface area contributed by atoms with Gasteiger partial charge in [0.25, 0.3) is 5.56 Å². The molecule has 0 bridgehead atoms. The second-order valence-corrected chi connectivity index (χ2v) is 3.82. The molecule has 1 aliphatic rings. The van der Waals surface area contributed by atoms with Crippen molar-refractivity contribution in [2.24, 2.45) is 5.73 Å². The van der Waals surface area contributed by atoms with E-state index < -0.39 is 0 Å². The lowest BCUT2D eigenvalue weighted by molar-refractivity contribution is 0.532. The van der Waals surface area contributed by atoms with Crippen molar-refractivity contribution in [1.29, 1.82) is 5.26 Å². The second-order valence-electron chi connectivity index (χ2n) is 3.82. The van der Waals surface area contributed by atoms with Crippen molar-refractivity contribution < 1.29 is 0 Å². The molecule has 1 aromatic rings. The first-order chi connectivity index (χ1) is 7.24. The molecule has 4 nitrogen and oxygen atoms in total. The molecule has 2 N–H and O–H groups in total. The molecule has 1 aromatic heterocycles. The Bertz CT molecular complexity index is 470. The van der Waals surface area contributed by atoms with E-state index in [9.17, 15) is 4.79 Å². The molecule has 0 saturated heterocycles. The van der Waals surface area contributed by atoms with Gasteiger partial charge in [0, 0.05) is 17.8 Å². The number of hydrogen-bond donors (Lipinski definition) is 1. The Balaban J connectivity index is 2.59. The summed E-state index contributed by atoms with van der Waals surface area (Å²) in [5, 5.41) is 8.67. The normalized spacial score (nSPS) is 19.3. The van der Waals surface area contributed by atoms with Gasteiger partial charge in [0.1, 0.15) is 6.54 Å². The fraction of sp³-hybridized carbons (Fsp3) is 0.455. The molecule has 1 unspecified atom stereocenters. The highest BCUT2D eigenvalue weighted by Crippen LogP contribution is 2.26. The first-order valence-corrected chi connectivity index (χ1v) is 5.09. The first kappa shape index (κ1) is 9.94. The van der Waals surface area contributed by atoms with Crippen molar-refractivity contribution in [3.05, 3.63) is 33.7 Å². The summed E-state index contributed by atoms with van der Waals surface area (Å²) in [4.78, 5) is 11.6. The molecule has 4 heteroatoms. The molecule has 78 valence electrons. The van der Waals surface area contributed by atoms with E-state index in [1.807, 2.05) is 6.07 Å². The van der Waals surface area contributed by atoms with E-state index in [2.05, 4.69) is 0 Å². The van der Waals surface area contributed by atoms with Crippen LogP contribution in [0.4, 0.5) is 0 Å². The van der Waals surface area contributed by atoms with E-state index >= 15 is 0 Å². The average molecular weight is 203 g/mol. The predicted molar refractivity (Wildman–Crippen MR) is 56.2 cm³/mol. The highest BCUT2D eigenvalue weighted by Gasteiger charge is 2.19. The third kappa shape index (κ3) is 1.66. The van der Waals surface area contributed by atoms with Crippen LogP contribution in [0.1, 0.15) is 30.1 Å². The maximum Gasteiger partial charge on any atom is 0.251 e. The maximum atomic E-state index is 11.6. The van der Waals surface area contributed by atoms with Crippen molar-refractivity contribution in [1.82, 2.24) is 4.57 Å². The van der Waals surface area contributed by atoms with E-state index in [4.69, 9.17) is 11.0 Å². The molecule has 0 aromatic carbocycles. The Morgan fingerprint density at radius 3 is 3.13 bits per heavy atom. The summed E-state index contributed by atoms with van der Waals surface area (Å²) >= 11 is 0. The average Bonchev–Trinajstić information content (AvgIpc) is 2.23. The summed E-state index contributed by atoms with van der Waals surface area (Å²) in [7, 11) is 0. The minimum absolute atomic E-state index is 0.0132. The van der Waals surface area contributed by atoms with E-state index in [0.717, 1.165) is 30.5 Å². The topological polar surface area (TPSA) is 71.8 Å². The zero-order valence-electron chi connectivity index (χ0n) is 8.44. The van der Waals surface area contributed by atoms with Gasteiger partial charge in [-0.25, -0.2) is 0 Å². The van der Waals surface area contributed by atoms with Gasteiger partial charge in [-0.15, -0.1) is 0 Å². The summed E-state index contributed by atoms with van der Waals surface area (Å²) < 4.78 is 1.54. The Morgan fingerprint density at radius 1 is 1.60 bits per heavy atom. The number of pyridine rings is 1. The Hall–Kier alpha value is -1.60. The zero-order chi connectivity index (χ0) is 10.8. The largest absolute Gasteiger partial charge is 0.324 e. The van der Waals surface area contributed by atoms with Gasteiger partial charge in [-0.3, -0.25) is 9.36 Å². The van der Waals surface area contributed by atoms with Crippen molar-refractivity contribution in [2.75, 3.05) is 0 Å². The van der Waals surface area contributed by atoms with Crippen LogP contribution in [0.15, 0.2) is 16.9 Å². The molecule has 1 heterocycles. The minimum Gasteiger partial charge on any atom is -0.324 e. The van der Waals surface area contributed by atoms with Crippen LogP contribution in [0.5, 0.6) is 0 Å².